The maximum atomic E-state index is 5.84. The molecule has 4 N–H and O–H groups in total. The van der Waals surface area contributed by atoms with Crippen LogP contribution in [0.15, 0.2) is 24.4 Å². The summed E-state index contributed by atoms with van der Waals surface area (Å²) in [7, 11) is 0. The summed E-state index contributed by atoms with van der Waals surface area (Å²) >= 11 is 0. The molecule has 0 aromatic carbocycles. The molecule has 1 heterocycles. The highest BCUT2D eigenvalue weighted by atomic mass is 14.9. The predicted molar refractivity (Wildman–Crippen MR) is 58.6 cm³/mol. The number of nitrogens with two attached hydrogens (primary N) is 2. The molecule has 0 saturated carbocycles. The first kappa shape index (κ1) is 11.1. The van der Waals surface area contributed by atoms with Crippen LogP contribution in [0.1, 0.15) is 26.5 Å². The third kappa shape index (κ3) is 1.79. The zero-order valence-electron chi connectivity index (χ0n) is 9.07. The second-order valence-corrected chi connectivity index (χ2v) is 4.18. The first-order chi connectivity index (χ1) is 6.49. The van der Waals surface area contributed by atoms with Crippen LogP contribution in [0.4, 0.5) is 0 Å². The van der Waals surface area contributed by atoms with E-state index in [0.29, 0.717) is 5.92 Å². The molecule has 1 atom stereocenters. The van der Waals surface area contributed by atoms with Gasteiger partial charge in [0.15, 0.2) is 0 Å². The lowest BCUT2D eigenvalue weighted by Crippen LogP contribution is -2.53. The fourth-order valence-corrected chi connectivity index (χ4v) is 1.53. The van der Waals surface area contributed by atoms with Crippen LogP contribution in [0.2, 0.25) is 0 Å². The number of nitrogens with zero attached hydrogens (tertiary/aromatic N) is 1. The lowest BCUT2D eigenvalue weighted by molar-refractivity contribution is 0.271. The van der Waals surface area contributed by atoms with Gasteiger partial charge in [0.05, 0.1) is 6.17 Å². The van der Waals surface area contributed by atoms with Crippen molar-refractivity contribution >= 4 is 0 Å². The molecule has 0 bridgehead atoms. The molecule has 78 valence electrons. The van der Waals surface area contributed by atoms with Crippen LogP contribution < -0.4 is 11.5 Å². The Morgan fingerprint density at radius 3 is 2.29 bits per heavy atom. The zero-order valence-corrected chi connectivity index (χ0v) is 9.07. The smallest absolute Gasteiger partial charge is 0.0635 e. The van der Waals surface area contributed by atoms with E-state index in [4.69, 9.17) is 11.5 Å². The van der Waals surface area contributed by atoms with Gasteiger partial charge in [0.1, 0.15) is 0 Å². The second-order valence-electron chi connectivity index (χ2n) is 4.18. The van der Waals surface area contributed by atoms with E-state index >= 15 is 0 Å². The molecule has 0 amide bonds. The van der Waals surface area contributed by atoms with E-state index in [1.807, 2.05) is 18.2 Å². The summed E-state index contributed by atoms with van der Waals surface area (Å²) in [5.74, 6) is 0.359. The van der Waals surface area contributed by atoms with E-state index < -0.39 is 6.17 Å². The fourth-order valence-electron chi connectivity index (χ4n) is 1.53. The van der Waals surface area contributed by atoms with Gasteiger partial charge in [0.25, 0.3) is 0 Å². The minimum atomic E-state index is -0.391. The summed E-state index contributed by atoms with van der Waals surface area (Å²) in [6, 6.07) is 5.84. The van der Waals surface area contributed by atoms with Crippen LogP contribution in [0.5, 0.6) is 0 Å². The molecular formula is C11H19N3. The van der Waals surface area contributed by atoms with E-state index in [1.165, 1.54) is 0 Å². The lowest BCUT2D eigenvalue weighted by Gasteiger charge is -2.36. The topological polar surface area (TPSA) is 64.9 Å². The minimum Gasteiger partial charge on any atom is -0.315 e. The lowest BCUT2D eigenvalue weighted by atomic mass is 9.74. The number of hydrogen-bond acceptors (Lipinski definition) is 3. The van der Waals surface area contributed by atoms with Gasteiger partial charge in [-0.1, -0.05) is 26.8 Å². The van der Waals surface area contributed by atoms with Gasteiger partial charge in [-0.25, -0.2) is 0 Å². The van der Waals surface area contributed by atoms with Gasteiger partial charge in [0, 0.05) is 17.3 Å². The van der Waals surface area contributed by atoms with Crippen molar-refractivity contribution < 1.29 is 0 Å². The van der Waals surface area contributed by atoms with Crippen LogP contribution in [-0.2, 0) is 5.41 Å². The number of aromatic nitrogens is 1. The molecule has 0 aliphatic rings. The number of pyridine rings is 1. The monoisotopic (exact) mass is 193 g/mol. The average Bonchev–Trinajstić information content (AvgIpc) is 2.17. The molecule has 3 nitrogen and oxygen atoms in total. The molecule has 14 heavy (non-hydrogen) atoms. The maximum Gasteiger partial charge on any atom is 0.0635 e. The average molecular weight is 193 g/mol. The van der Waals surface area contributed by atoms with Crippen molar-refractivity contribution in [1.82, 2.24) is 4.98 Å². The Labute approximate surface area is 85.5 Å². The Kier molecular flexibility index (Phi) is 3.24. The summed E-state index contributed by atoms with van der Waals surface area (Å²) < 4.78 is 0. The zero-order chi connectivity index (χ0) is 10.8. The van der Waals surface area contributed by atoms with Crippen molar-refractivity contribution in [2.45, 2.75) is 32.4 Å². The molecule has 1 aromatic rings. The Morgan fingerprint density at radius 2 is 1.93 bits per heavy atom. The summed E-state index contributed by atoms with van der Waals surface area (Å²) in [5, 5.41) is 0. The van der Waals surface area contributed by atoms with Crippen molar-refractivity contribution in [3.8, 4) is 0 Å². The van der Waals surface area contributed by atoms with Crippen molar-refractivity contribution in [1.29, 1.82) is 0 Å². The second kappa shape index (κ2) is 4.07. The van der Waals surface area contributed by atoms with E-state index in [0.717, 1.165) is 5.69 Å². The van der Waals surface area contributed by atoms with Crippen LogP contribution >= 0.6 is 0 Å². The number of hydrogen-bond donors (Lipinski definition) is 2. The van der Waals surface area contributed by atoms with Crippen molar-refractivity contribution in [3.63, 3.8) is 0 Å². The van der Waals surface area contributed by atoms with Crippen LogP contribution in [0.25, 0.3) is 0 Å². The maximum absolute atomic E-state index is 5.84. The predicted octanol–water partition coefficient (Wildman–Crippen LogP) is 1.24. The van der Waals surface area contributed by atoms with Crippen LogP contribution in [0, 0.1) is 5.92 Å². The highest BCUT2D eigenvalue weighted by Crippen LogP contribution is 2.31. The van der Waals surface area contributed by atoms with E-state index in [1.54, 1.807) is 6.20 Å². The largest absolute Gasteiger partial charge is 0.315 e. The SMILES string of the molecule is CC(C)C(C)(c1ccccn1)C(N)N. The first-order valence-corrected chi connectivity index (χ1v) is 4.92. The molecule has 0 saturated heterocycles. The molecular weight excluding hydrogens is 174 g/mol. The third-order valence-electron chi connectivity index (χ3n) is 3.11. The molecule has 0 spiro atoms. The summed E-state index contributed by atoms with van der Waals surface area (Å²) in [5.41, 5.74) is 12.4. The Morgan fingerprint density at radius 1 is 1.29 bits per heavy atom. The number of rotatable bonds is 3. The van der Waals surface area contributed by atoms with Gasteiger partial charge in [-0.15, -0.1) is 0 Å². The molecule has 1 unspecified atom stereocenters. The summed E-state index contributed by atoms with van der Waals surface area (Å²) in [4.78, 5) is 4.33. The Balaban J connectivity index is 3.13. The highest BCUT2D eigenvalue weighted by Gasteiger charge is 2.36. The minimum absolute atomic E-state index is 0.263. The highest BCUT2D eigenvalue weighted by molar-refractivity contribution is 5.19. The van der Waals surface area contributed by atoms with Crippen molar-refractivity contribution in [2.24, 2.45) is 17.4 Å². The van der Waals surface area contributed by atoms with Crippen molar-refractivity contribution in [3.05, 3.63) is 30.1 Å². The van der Waals surface area contributed by atoms with E-state index in [-0.39, 0.29) is 5.41 Å². The Bertz CT molecular complexity index is 272. The molecule has 3 heteroatoms. The third-order valence-corrected chi connectivity index (χ3v) is 3.11. The first-order valence-electron chi connectivity index (χ1n) is 4.92. The quantitative estimate of drug-likeness (QED) is 0.710. The summed E-state index contributed by atoms with van der Waals surface area (Å²) in [6.45, 7) is 6.29. The molecule has 0 fully saturated rings. The van der Waals surface area contributed by atoms with E-state index in [2.05, 4.69) is 25.8 Å². The van der Waals surface area contributed by atoms with Gasteiger partial charge in [-0.3, -0.25) is 4.98 Å². The standard InChI is InChI=1S/C11H19N3/c1-8(2)11(3,10(12)13)9-6-4-5-7-14-9/h4-8,10H,12-13H2,1-3H3. The Hall–Kier alpha value is -0.930. The molecule has 0 radical (unpaired) electrons. The molecule has 1 rings (SSSR count). The van der Waals surface area contributed by atoms with Gasteiger partial charge in [-0.05, 0) is 18.1 Å². The molecule has 1 aromatic heterocycles. The van der Waals surface area contributed by atoms with Gasteiger partial charge in [-0.2, -0.15) is 0 Å². The molecule has 0 aliphatic heterocycles. The van der Waals surface area contributed by atoms with Crippen molar-refractivity contribution in [2.75, 3.05) is 0 Å². The normalized spacial score (nSPS) is 15.9. The van der Waals surface area contributed by atoms with Gasteiger partial charge < -0.3 is 11.5 Å². The van der Waals surface area contributed by atoms with E-state index in [9.17, 15) is 0 Å². The van der Waals surface area contributed by atoms with Gasteiger partial charge in [0.2, 0.25) is 0 Å². The van der Waals surface area contributed by atoms with Crippen LogP contribution in [0.3, 0.4) is 0 Å². The molecule has 0 aliphatic carbocycles. The fraction of sp³-hybridized carbons (Fsp3) is 0.545. The van der Waals surface area contributed by atoms with Gasteiger partial charge >= 0.3 is 0 Å². The van der Waals surface area contributed by atoms with Crippen LogP contribution in [-0.4, -0.2) is 11.1 Å². The summed E-state index contributed by atoms with van der Waals surface area (Å²) in [6.07, 6.45) is 1.38.